The molecule has 1 aliphatic heterocycles. The molecule has 0 saturated heterocycles. The van der Waals surface area contributed by atoms with Crippen molar-refractivity contribution in [1.29, 1.82) is 0 Å². The van der Waals surface area contributed by atoms with Crippen LogP contribution < -0.4 is 9.47 Å². The maximum Gasteiger partial charge on any atom is 0.199 e. The van der Waals surface area contributed by atoms with Gasteiger partial charge in [-0.1, -0.05) is 0 Å². The molecule has 0 spiro atoms. The predicted octanol–water partition coefficient (Wildman–Crippen LogP) is 1.05. The van der Waals surface area contributed by atoms with E-state index >= 15 is 0 Å². The second kappa shape index (κ2) is 1.69. The molecule has 3 heteroatoms. The molecule has 1 aromatic rings. The number of hydrogen-bond acceptors (Lipinski definition) is 3. The van der Waals surface area contributed by atoms with Crippen LogP contribution in [-0.2, 0) is 0 Å². The molecule has 0 bridgehead atoms. The highest BCUT2D eigenvalue weighted by Crippen LogP contribution is 2.30. The molecular weight excluding hydrogens is 120 g/mol. The fraction of sp³-hybridized carbons (Fsp3) is 0.333. The third-order valence-electron chi connectivity index (χ3n) is 1.19. The summed E-state index contributed by atoms with van der Waals surface area (Å²) in [5.41, 5.74) is 0. The van der Waals surface area contributed by atoms with Crippen LogP contribution in [-0.4, -0.2) is 13.2 Å². The zero-order valence-electron chi connectivity index (χ0n) is 4.79. The first kappa shape index (κ1) is 4.73. The Hall–Kier alpha value is -1.12. The Kier molecular flexibility index (Phi) is 0.886. The zero-order valence-corrected chi connectivity index (χ0v) is 4.79. The second-order valence-corrected chi connectivity index (χ2v) is 1.80. The maximum absolute atomic E-state index is 5.14. The smallest absolute Gasteiger partial charge is 0.199 e. The summed E-state index contributed by atoms with van der Waals surface area (Å²) in [5, 5.41) is 0. The van der Waals surface area contributed by atoms with E-state index in [0.29, 0.717) is 24.7 Å². The minimum atomic E-state index is 0.618. The highest BCUT2D eigenvalue weighted by molar-refractivity contribution is 5.35. The molecule has 2 rings (SSSR count). The van der Waals surface area contributed by atoms with Gasteiger partial charge in [0.05, 0.1) is 0 Å². The standard InChI is InChI=1S/C6H6O3/c1-2-9-6-4-7-3-5(6)8-1/h3-4H,1-2H2. The van der Waals surface area contributed by atoms with Gasteiger partial charge in [-0.3, -0.25) is 0 Å². The summed E-state index contributed by atoms with van der Waals surface area (Å²) in [6, 6.07) is 0. The number of ether oxygens (including phenoxy) is 2. The molecule has 0 radical (unpaired) electrons. The van der Waals surface area contributed by atoms with Gasteiger partial charge in [-0.25, -0.2) is 0 Å². The van der Waals surface area contributed by atoms with Crippen molar-refractivity contribution in [3.63, 3.8) is 0 Å². The fourth-order valence-corrected chi connectivity index (χ4v) is 0.787. The Morgan fingerprint density at radius 1 is 1.00 bits per heavy atom. The van der Waals surface area contributed by atoms with E-state index in [2.05, 4.69) is 0 Å². The normalized spacial score (nSPS) is 15.6. The summed E-state index contributed by atoms with van der Waals surface area (Å²) in [4.78, 5) is 0. The first-order chi connectivity index (χ1) is 4.47. The van der Waals surface area contributed by atoms with Crippen LogP contribution in [0.1, 0.15) is 0 Å². The number of hydrogen-bond donors (Lipinski definition) is 0. The summed E-state index contributed by atoms with van der Waals surface area (Å²) in [6.45, 7) is 1.24. The zero-order chi connectivity index (χ0) is 6.10. The third kappa shape index (κ3) is 0.650. The van der Waals surface area contributed by atoms with E-state index in [4.69, 9.17) is 13.9 Å². The quantitative estimate of drug-likeness (QED) is 0.520. The lowest BCUT2D eigenvalue weighted by molar-refractivity contribution is 0.173. The molecule has 0 fully saturated rings. The third-order valence-corrected chi connectivity index (χ3v) is 1.19. The first-order valence-electron chi connectivity index (χ1n) is 2.78. The van der Waals surface area contributed by atoms with E-state index in [9.17, 15) is 0 Å². The molecule has 1 aromatic heterocycles. The second-order valence-electron chi connectivity index (χ2n) is 1.80. The van der Waals surface area contributed by atoms with Gasteiger partial charge in [0, 0.05) is 0 Å². The van der Waals surface area contributed by atoms with Crippen LogP contribution >= 0.6 is 0 Å². The molecule has 48 valence electrons. The lowest BCUT2D eigenvalue weighted by atomic mass is 10.5. The van der Waals surface area contributed by atoms with E-state index in [1.807, 2.05) is 0 Å². The summed E-state index contributed by atoms with van der Waals surface area (Å²) in [6.07, 6.45) is 3.07. The number of rotatable bonds is 0. The van der Waals surface area contributed by atoms with Gasteiger partial charge in [0.25, 0.3) is 0 Å². The van der Waals surface area contributed by atoms with E-state index in [-0.39, 0.29) is 0 Å². The molecule has 0 aromatic carbocycles. The van der Waals surface area contributed by atoms with Crippen LogP contribution in [0, 0.1) is 0 Å². The van der Waals surface area contributed by atoms with Crippen LogP contribution in [0.5, 0.6) is 11.5 Å². The minimum Gasteiger partial charge on any atom is -0.483 e. The molecule has 0 aliphatic carbocycles. The van der Waals surface area contributed by atoms with Gasteiger partial charge in [-0.15, -0.1) is 0 Å². The Labute approximate surface area is 52.2 Å². The van der Waals surface area contributed by atoms with Gasteiger partial charge in [0.2, 0.25) is 0 Å². The van der Waals surface area contributed by atoms with Crippen molar-refractivity contribution < 1.29 is 13.9 Å². The van der Waals surface area contributed by atoms with E-state index in [1.54, 1.807) is 0 Å². The van der Waals surface area contributed by atoms with Crippen molar-refractivity contribution in [1.82, 2.24) is 0 Å². The largest absolute Gasteiger partial charge is 0.483 e. The number of furan rings is 1. The van der Waals surface area contributed by atoms with Crippen molar-refractivity contribution >= 4 is 0 Å². The Morgan fingerprint density at radius 2 is 1.56 bits per heavy atom. The fourth-order valence-electron chi connectivity index (χ4n) is 0.787. The topological polar surface area (TPSA) is 31.6 Å². The van der Waals surface area contributed by atoms with E-state index in [1.165, 1.54) is 12.5 Å². The molecule has 3 nitrogen and oxygen atoms in total. The molecule has 0 unspecified atom stereocenters. The lowest BCUT2D eigenvalue weighted by Gasteiger charge is -2.12. The van der Waals surface area contributed by atoms with Crippen LogP contribution in [0.15, 0.2) is 16.9 Å². The molecular formula is C6H6O3. The van der Waals surface area contributed by atoms with Crippen LogP contribution in [0.3, 0.4) is 0 Å². The van der Waals surface area contributed by atoms with Crippen molar-refractivity contribution in [2.24, 2.45) is 0 Å². The summed E-state index contributed by atoms with van der Waals surface area (Å²) >= 11 is 0. The molecule has 0 amide bonds. The summed E-state index contributed by atoms with van der Waals surface area (Å²) in [7, 11) is 0. The van der Waals surface area contributed by atoms with Crippen molar-refractivity contribution in [3.8, 4) is 11.5 Å². The monoisotopic (exact) mass is 126 g/mol. The Balaban J connectivity index is 2.39. The van der Waals surface area contributed by atoms with Crippen molar-refractivity contribution in [3.05, 3.63) is 12.5 Å². The summed E-state index contributed by atoms with van der Waals surface area (Å²) < 4.78 is 15.1. The van der Waals surface area contributed by atoms with Gasteiger partial charge < -0.3 is 13.9 Å². The number of fused-ring (bicyclic) bond motifs is 1. The predicted molar refractivity (Wildman–Crippen MR) is 29.7 cm³/mol. The lowest BCUT2D eigenvalue weighted by Crippen LogP contribution is -2.13. The minimum absolute atomic E-state index is 0.618. The molecule has 9 heavy (non-hydrogen) atoms. The van der Waals surface area contributed by atoms with Crippen LogP contribution in [0.4, 0.5) is 0 Å². The van der Waals surface area contributed by atoms with Crippen LogP contribution in [0.2, 0.25) is 0 Å². The van der Waals surface area contributed by atoms with E-state index in [0.717, 1.165) is 0 Å². The van der Waals surface area contributed by atoms with Gasteiger partial charge in [0.1, 0.15) is 25.7 Å². The van der Waals surface area contributed by atoms with Crippen molar-refractivity contribution in [2.75, 3.05) is 13.2 Å². The first-order valence-corrected chi connectivity index (χ1v) is 2.78. The van der Waals surface area contributed by atoms with Gasteiger partial charge in [-0.2, -0.15) is 0 Å². The molecule has 0 N–H and O–H groups in total. The highest BCUT2D eigenvalue weighted by atomic mass is 16.6. The SMILES string of the molecule is c1occ2c1OCCO2. The molecule has 0 saturated carbocycles. The van der Waals surface area contributed by atoms with Gasteiger partial charge in [0.15, 0.2) is 11.5 Å². The Morgan fingerprint density at radius 3 is 2.11 bits per heavy atom. The highest BCUT2D eigenvalue weighted by Gasteiger charge is 2.11. The summed E-state index contributed by atoms with van der Waals surface area (Å²) in [5.74, 6) is 1.42. The van der Waals surface area contributed by atoms with E-state index < -0.39 is 0 Å². The molecule has 2 heterocycles. The Bertz CT molecular complexity index is 183. The van der Waals surface area contributed by atoms with Crippen molar-refractivity contribution in [2.45, 2.75) is 0 Å². The maximum atomic E-state index is 5.14. The average molecular weight is 126 g/mol. The van der Waals surface area contributed by atoms with Crippen LogP contribution in [0.25, 0.3) is 0 Å². The molecule has 1 aliphatic rings. The van der Waals surface area contributed by atoms with Gasteiger partial charge in [-0.05, 0) is 0 Å². The van der Waals surface area contributed by atoms with Gasteiger partial charge >= 0.3 is 0 Å². The average Bonchev–Trinajstić information content (AvgIpc) is 2.33. The molecule has 0 atom stereocenters.